The number of piperidine rings is 3. The number of ether oxygens (including phenoxy) is 7. The fraction of sp³-hybridized carbons (Fsp3) is 0.640. The number of amides is 4. The largest absolute Gasteiger partial charge is 0.490 e. The van der Waals surface area contributed by atoms with Crippen molar-refractivity contribution in [3.63, 3.8) is 0 Å². The Kier molecular flexibility index (Phi) is 55.3. The monoisotopic (exact) mass is 2000 g/mol. The van der Waals surface area contributed by atoms with Gasteiger partial charge in [-0.2, -0.15) is 0 Å². The topological polar surface area (TPSA) is 399 Å². The molecular formula is C86H133B21Cl2N14O19S. The van der Waals surface area contributed by atoms with E-state index in [4.69, 9.17) is 144 Å². The molecule has 0 aromatic carbocycles. The van der Waals surface area contributed by atoms with Crippen LogP contribution in [0.4, 0.5) is 19.2 Å². The predicted octanol–water partition coefficient (Wildman–Crippen LogP) is 8.56. The lowest BCUT2D eigenvalue weighted by atomic mass is 8.39. The first-order valence-corrected chi connectivity index (χ1v) is 50.9. The number of rotatable bonds is 21. The fourth-order valence-electron chi connectivity index (χ4n) is 14.7. The van der Waals surface area contributed by atoms with E-state index in [9.17, 15) is 42.0 Å². The summed E-state index contributed by atoms with van der Waals surface area (Å²) in [6.07, 6.45) is 24.1. The molecule has 0 bridgehead atoms. The zero-order valence-corrected chi connectivity index (χ0v) is 88.8. The number of hydrogen-bond acceptors (Lipinski definition) is 29. The third-order valence-corrected chi connectivity index (χ3v) is 22.8. The van der Waals surface area contributed by atoms with Crippen LogP contribution in [0.1, 0.15) is 301 Å². The van der Waals surface area contributed by atoms with E-state index in [1.165, 1.54) is 61.9 Å². The van der Waals surface area contributed by atoms with Gasteiger partial charge in [0, 0.05) is 292 Å². The number of hydrogen-bond donors (Lipinski definition) is 1. The van der Waals surface area contributed by atoms with E-state index in [1.807, 2.05) is 102 Å². The molecule has 10 heterocycles. The van der Waals surface area contributed by atoms with E-state index in [1.54, 1.807) is 52.8 Å². The van der Waals surface area contributed by atoms with Gasteiger partial charge >= 0.3 is 49.4 Å². The molecule has 22 radical (unpaired) electrons. The molecule has 5 aliphatic heterocycles. The van der Waals surface area contributed by atoms with Crippen LogP contribution >= 0.6 is 22.3 Å². The summed E-state index contributed by atoms with van der Waals surface area (Å²) in [5.74, 6) is 2.45. The summed E-state index contributed by atoms with van der Waals surface area (Å²) < 4.78 is 66.9. The molecule has 57 heteroatoms. The molecule has 4 fully saturated rings. The van der Waals surface area contributed by atoms with Crippen LogP contribution in [0.3, 0.4) is 0 Å². The normalized spacial score (nSPS) is 15.7. The molecule has 0 atom stereocenters. The third kappa shape index (κ3) is 47.5. The second-order valence-corrected chi connectivity index (χ2v) is 42.9. The van der Waals surface area contributed by atoms with Crippen LogP contribution in [-0.2, 0) is 64.5 Å². The molecule has 4 amide bonds. The van der Waals surface area contributed by atoms with E-state index in [0.29, 0.717) is 118 Å². The Morgan fingerprint density at radius 1 is 0.455 bits per heavy atom. The Labute approximate surface area is 878 Å². The van der Waals surface area contributed by atoms with Gasteiger partial charge in [0.25, 0.3) is 0 Å². The first-order valence-electron chi connectivity index (χ1n) is 47.8. The van der Waals surface area contributed by atoms with Crippen LogP contribution in [0.25, 0.3) is 5.57 Å². The van der Waals surface area contributed by atoms with Crippen LogP contribution in [0.2, 0.25) is 5.28 Å². The average Bonchev–Trinajstić information content (AvgIpc) is 1.60. The number of likely N-dealkylation sites (tertiary alicyclic amines) is 3. The Morgan fingerprint density at radius 2 is 0.755 bits per heavy atom. The van der Waals surface area contributed by atoms with Gasteiger partial charge in [-0.05, 0) is 237 Å². The first kappa shape index (κ1) is 129. The Morgan fingerprint density at radius 3 is 1.02 bits per heavy atom. The van der Waals surface area contributed by atoms with Crippen molar-refractivity contribution in [1.29, 1.82) is 0 Å². The van der Waals surface area contributed by atoms with Crippen LogP contribution in [0.5, 0.6) is 0 Å². The summed E-state index contributed by atoms with van der Waals surface area (Å²) >= 11 is 5.42. The Balaban J connectivity index is 0.000000566. The average molecular weight is 2000 g/mol. The van der Waals surface area contributed by atoms with Gasteiger partial charge < -0.3 is 67.2 Å². The summed E-state index contributed by atoms with van der Waals surface area (Å²) in [6.45, 7) is 44.0. The number of nitrogens with zero attached hydrogens (tertiary/aromatic N) is 14. The fourth-order valence-corrected chi connectivity index (χ4v) is 14.8. The van der Waals surface area contributed by atoms with Gasteiger partial charge in [0.1, 0.15) is 39.9 Å². The molecule has 1 aliphatic carbocycles. The van der Waals surface area contributed by atoms with Gasteiger partial charge in [0.15, 0.2) is 5.82 Å². The number of aromatic nitrogens is 10. The van der Waals surface area contributed by atoms with Crippen molar-refractivity contribution in [3.8, 4) is 0 Å². The van der Waals surface area contributed by atoms with Gasteiger partial charge in [0.05, 0.1) is 60.6 Å². The van der Waals surface area contributed by atoms with Gasteiger partial charge in [-0.3, -0.25) is 0 Å². The highest BCUT2D eigenvalue weighted by Gasteiger charge is 2.52. The summed E-state index contributed by atoms with van der Waals surface area (Å²) in [6, 6.07) is 0. The Hall–Kier alpha value is -7.86. The molecule has 11 rings (SSSR count). The van der Waals surface area contributed by atoms with Gasteiger partial charge in [-0.1, -0.05) is 26.5 Å². The number of aliphatic hydroxyl groups is 1. The highest BCUT2D eigenvalue weighted by atomic mass is 35.7. The number of aliphatic hydroxyl groups excluding tert-OH is 1. The van der Waals surface area contributed by atoms with E-state index in [0.717, 1.165) is 80.4 Å². The standard InChI is InChI=1S/C17H25N3O4.C17H23N3O4.C16H25N3O2.C15H23N3O3.C12H21BO2.C7H7ClN2O2.CH3ClO2S.CH4.B20.H2/c2*1-5-23-15(21)13-10-18-14(19-11-13)12-6-8-20(9-7-12)16(22)24-17(2,3)4;1-5-12-10-17-14(18-11-12)13-6-8-19(9-7-13)15(20)21-16(2,3)4;1-15(2,3)21-14(20)18-6-4-12(5-7-18)13-16-8-11(10-19)9-17-13;1-11(2)12(3,4)15-13(14-11)10-8-6-5-7-9-10;1-2-12-6(11)5-3-9-7(8)10-4-5;1-5(2,3)4;;1-12(2)17(11)20(18(13(3)4)14(5)6)19(15(7)8)16(9)10;/h10-12H,5-9H2,1-4H3;6,10-11H,5,7-9H2,1-4H3;10-11,13H,5-9H2,1-4H3;8-9,12,19H,4-7,10H2,1-3H3;8H,5-7,9H2,1-4H3;3-4H,2H2,1H3;1H3;1H4;;1H. The molecule has 33 nitrogen and oxygen atoms in total. The smallest absolute Gasteiger partial charge is 0.462 e. The molecule has 0 spiro atoms. The highest BCUT2D eigenvalue weighted by molar-refractivity contribution is 8.19. The predicted molar refractivity (Wildman–Crippen MR) is 585 cm³/mol. The molecule has 6 aliphatic rings. The van der Waals surface area contributed by atoms with Crippen molar-refractivity contribution in [3.05, 3.63) is 136 Å². The van der Waals surface area contributed by atoms with Crippen LogP contribution < -0.4 is 0 Å². The number of carbonyl (C=O) groups excluding carboxylic acids is 7. The highest BCUT2D eigenvalue weighted by Crippen LogP contribution is 2.41. The Bertz CT molecular complexity index is 4760. The lowest BCUT2D eigenvalue weighted by Gasteiger charge is -2.42. The molecule has 0 unspecified atom stereocenters. The summed E-state index contributed by atoms with van der Waals surface area (Å²) in [5, 5.41) is 9.10. The van der Waals surface area contributed by atoms with Gasteiger partial charge in [-0.25, -0.2) is 91.8 Å². The van der Waals surface area contributed by atoms with Crippen molar-refractivity contribution in [2.45, 2.75) is 281 Å². The maximum Gasteiger partial charge on any atom is 0.490 e. The molecule has 143 heavy (non-hydrogen) atoms. The van der Waals surface area contributed by atoms with E-state index in [-0.39, 0.29) is 75.3 Å². The molecule has 4 saturated heterocycles. The van der Waals surface area contributed by atoms with E-state index in [2.05, 4.69) is 101 Å². The van der Waals surface area contributed by atoms with Crippen LogP contribution in [0, 0.1) is 0 Å². The van der Waals surface area contributed by atoms with Gasteiger partial charge in [-0.15, -0.1) is 0 Å². The minimum Gasteiger partial charge on any atom is -0.462 e. The second kappa shape index (κ2) is 61.2. The maximum atomic E-state index is 12.1. The van der Waals surface area contributed by atoms with Crippen molar-refractivity contribution in [2.75, 3.05) is 78.4 Å². The maximum absolute atomic E-state index is 12.1. The lowest BCUT2D eigenvalue weighted by Crippen LogP contribution is -2.80. The summed E-state index contributed by atoms with van der Waals surface area (Å²) in [5.41, 5.74) is 2.86. The lowest BCUT2D eigenvalue weighted by molar-refractivity contribution is 0.00578. The van der Waals surface area contributed by atoms with Crippen molar-refractivity contribution in [1.82, 2.24) is 69.4 Å². The number of halogens is 2. The van der Waals surface area contributed by atoms with Crippen molar-refractivity contribution >= 4 is 229 Å². The number of carbonyl (C=O) groups is 7. The SMILES string of the molecule is C.CC(C)(C)OC(=O)N1CCC(c2ncc(CO)cn2)CC1.CC1(C)OB(C2=CCCCC2)OC1(C)C.CCOC(=O)c1cnc(C2=CCN(C(=O)OC(C)(C)C)CC2)nc1.CCOC(=O)c1cnc(C2CCN(C(=O)OC(C)(C)C)CC2)nc1.CCOC(=O)c1cnc(Cl)nc1.CCc1cnc(C2CCN(C(=O)OC(C)(C)C)CC2)nc1.CS(=O)(=O)Cl.[B]B([B])B([B])B(B(B([B])[B])B([B])[B])B(B([B])[B])B([B])[B].[HH]. The van der Waals surface area contributed by atoms with Crippen molar-refractivity contribution in [2.24, 2.45) is 0 Å². The second-order valence-electron chi connectivity index (χ2n) is 39.6. The molecule has 5 aromatic rings. The van der Waals surface area contributed by atoms with Crippen LogP contribution in [0.15, 0.2) is 79.6 Å². The van der Waals surface area contributed by atoms with Gasteiger partial charge in [0.2, 0.25) is 14.3 Å². The van der Waals surface area contributed by atoms with Crippen LogP contribution in [-0.4, -0.2) is 387 Å². The zero-order chi connectivity index (χ0) is 107. The number of aryl methyl sites for hydroxylation is 1. The zero-order valence-electron chi connectivity index (χ0n) is 86.5. The molecule has 1 N–H and O–H groups in total. The number of esters is 3. The summed E-state index contributed by atoms with van der Waals surface area (Å²) in [4.78, 5) is 131. The molecule has 5 aromatic heterocycles. The summed E-state index contributed by atoms with van der Waals surface area (Å²) in [7, 11) is 64.4. The molecular weight excluding hydrogens is 1860 g/mol. The van der Waals surface area contributed by atoms with E-state index < -0.39 is 107 Å². The minimum atomic E-state index is -3.19. The molecule has 744 valence electrons. The van der Waals surface area contributed by atoms with Crippen molar-refractivity contribution < 1.29 is 91.0 Å². The quantitative estimate of drug-likeness (QED) is 0.0236. The number of allylic oxidation sites excluding steroid dienone is 2. The first-order chi connectivity index (χ1) is 66.0. The molecule has 0 saturated carbocycles. The minimum absolute atomic E-state index is 0. The van der Waals surface area contributed by atoms with E-state index >= 15 is 0 Å². The third-order valence-electron chi connectivity index (χ3n) is 22.6.